The molecule has 2 amide bonds. The monoisotopic (exact) mass is 268 g/mol. The first-order valence-corrected chi connectivity index (χ1v) is 7.45. The second-order valence-corrected chi connectivity index (χ2v) is 5.60. The lowest BCUT2D eigenvalue weighted by atomic mass is 9.98. The minimum absolute atomic E-state index is 0.0527. The molecule has 5 nitrogen and oxygen atoms in total. The van der Waals surface area contributed by atoms with E-state index < -0.39 is 12.0 Å². The summed E-state index contributed by atoms with van der Waals surface area (Å²) in [5, 5.41) is 9.19. The van der Waals surface area contributed by atoms with Crippen LogP contribution >= 0.6 is 0 Å². The maximum Gasteiger partial charge on any atom is 0.326 e. The van der Waals surface area contributed by atoms with Gasteiger partial charge in [0.15, 0.2) is 0 Å². The van der Waals surface area contributed by atoms with Gasteiger partial charge in [-0.1, -0.05) is 13.3 Å². The van der Waals surface area contributed by atoms with E-state index in [0.29, 0.717) is 19.0 Å². The van der Waals surface area contributed by atoms with Crippen molar-refractivity contribution in [2.75, 3.05) is 13.1 Å². The number of rotatable bonds is 3. The van der Waals surface area contributed by atoms with Crippen molar-refractivity contribution in [3.05, 3.63) is 0 Å². The van der Waals surface area contributed by atoms with Crippen molar-refractivity contribution in [2.45, 2.75) is 64.0 Å². The molecule has 1 N–H and O–H groups in total. The van der Waals surface area contributed by atoms with Crippen LogP contribution in [0, 0.1) is 0 Å². The number of carbonyl (C=O) groups excluding carboxylic acids is 1. The number of urea groups is 1. The lowest BCUT2D eigenvalue weighted by Crippen LogP contribution is -2.53. The van der Waals surface area contributed by atoms with Crippen molar-refractivity contribution < 1.29 is 14.7 Å². The highest BCUT2D eigenvalue weighted by Crippen LogP contribution is 2.26. The topological polar surface area (TPSA) is 60.9 Å². The zero-order valence-corrected chi connectivity index (χ0v) is 11.7. The number of hydrogen-bond donors (Lipinski definition) is 1. The standard InChI is InChI=1S/C14H24N2O3/c1-2-6-11-7-3-4-9-15(11)14(19)16-10-5-8-12(16)13(17)18/h11-12H,2-10H2,1H3,(H,17,18)/t11?,12-/m0/s1. The van der Waals surface area contributed by atoms with E-state index >= 15 is 0 Å². The number of aliphatic carboxylic acids is 1. The van der Waals surface area contributed by atoms with E-state index in [2.05, 4.69) is 6.92 Å². The predicted octanol–water partition coefficient (Wildman–Crippen LogP) is 2.31. The molecular formula is C14H24N2O3. The van der Waals surface area contributed by atoms with Crippen LogP contribution in [0.4, 0.5) is 4.79 Å². The molecule has 0 aromatic rings. The summed E-state index contributed by atoms with van der Waals surface area (Å²) in [5.74, 6) is -0.866. The summed E-state index contributed by atoms with van der Waals surface area (Å²) in [6, 6.07) is -0.360. The number of amides is 2. The Morgan fingerprint density at radius 1 is 1.11 bits per heavy atom. The normalized spacial score (nSPS) is 27.6. The fourth-order valence-electron chi connectivity index (χ4n) is 3.30. The lowest BCUT2D eigenvalue weighted by molar-refractivity contribution is -0.141. The van der Waals surface area contributed by atoms with Gasteiger partial charge < -0.3 is 14.9 Å². The molecular weight excluding hydrogens is 244 g/mol. The van der Waals surface area contributed by atoms with Gasteiger partial charge in [0.05, 0.1) is 0 Å². The van der Waals surface area contributed by atoms with Crippen molar-refractivity contribution in [2.24, 2.45) is 0 Å². The Labute approximate surface area is 114 Å². The minimum Gasteiger partial charge on any atom is -0.480 e. The molecule has 2 heterocycles. The highest BCUT2D eigenvalue weighted by Gasteiger charge is 2.38. The van der Waals surface area contributed by atoms with Crippen LogP contribution in [0.5, 0.6) is 0 Å². The summed E-state index contributed by atoms with van der Waals surface area (Å²) < 4.78 is 0. The maximum atomic E-state index is 12.6. The number of carboxylic acid groups (broad SMARTS) is 1. The molecule has 19 heavy (non-hydrogen) atoms. The number of nitrogens with zero attached hydrogens (tertiary/aromatic N) is 2. The number of hydrogen-bond acceptors (Lipinski definition) is 2. The molecule has 0 aliphatic carbocycles. The molecule has 2 aliphatic heterocycles. The van der Waals surface area contributed by atoms with Gasteiger partial charge in [-0.25, -0.2) is 9.59 Å². The third-order valence-electron chi connectivity index (χ3n) is 4.28. The summed E-state index contributed by atoms with van der Waals surface area (Å²) in [7, 11) is 0. The first-order chi connectivity index (χ1) is 9.15. The Bertz CT molecular complexity index is 344. The molecule has 5 heteroatoms. The Balaban J connectivity index is 2.06. The first-order valence-electron chi connectivity index (χ1n) is 7.45. The maximum absolute atomic E-state index is 12.6. The quantitative estimate of drug-likeness (QED) is 0.854. The van der Waals surface area contributed by atoms with Gasteiger partial charge in [-0.2, -0.15) is 0 Å². The van der Waals surface area contributed by atoms with Crippen LogP contribution in [-0.2, 0) is 4.79 Å². The first kappa shape index (κ1) is 14.2. The van der Waals surface area contributed by atoms with E-state index in [9.17, 15) is 14.7 Å². The number of likely N-dealkylation sites (tertiary alicyclic amines) is 2. The van der Waals surface area contributed by atoms with Crippen LogP contribution in [0.15, 0.2) is 0 Å². The molecule has 2 fully saturated rings. The van der Waals surface area contributed by atoms with Crippen molar-refractivity contribution in [3.8, 4) is 0 Å². The van der Waals surface area contributed by atoms with E-state index in [4.69, 9.17) is 0 Å². The molecule has 108 valence electrons. The van der Waals surface area contributed by atoms with Crippen LogP contribution in [0.3, 0.4) is 0 Å². The second-order valence-electron chi connectivity index (χ2n) is 5.60. The average Bonchev–Trinajstić information content (AvgIpc) is 2.88. The fourth-order valence-corrected chi connectivity index (χ4v) is 3.30. The number of piperidine rings is 1. The molecule has 1 unspecified atom stereocenters. The largest absolute Gasteiger partial charge is 0.480 e. The molecule has 0 radical (unpaired) electrons. The molecule has 0 aromatic carbocycles. The van der Waals surface area contributed by atoms with Gasteiger partial charge in [-0.05, 0) is 38.5 Å². The zero-order chi connectivity index (χ0) is 13.8. The summed E-state index contributed by atoms with van der Waals surface area (Å²) in [5.41, 5.74) is 0. The highest BCUT2D eigenvalue weighted by atomic mass is 16.4. The van der Waals surface area contributed by atoms with Crippen molar-refractivity contribution in [3.63, 3.8) is 0 Å². The summed E-state index contributed by atoms with van der Waals surface area (Å²) in [4.78, 5) is 27.3. The third kappa shape index (κ3) is 3.01. The molecule has 0 spiro atoms. The zero-order valence-electron chi connectivity index (χ0n) is 11.7. The van der Waals surface area contributed by atoms with Gasteiger partial charge in [0.2, 0.25) is 0 Å². The summed E-state index contributed by atoms with van der Waals surface area (Å²) in [6.45, 7) is 3.50. The molecule has 2 saturated heterocycles. The molecule has 0 saturated carbocycles. The SMILES string of the molecule is CCCC1CCCCN1C(=O)N1CCC[C@H]1C(=O)O. The Kier molecular flexibility index (Phi) is 4.66. The van der Waals surface area contributed by atoms with E-state index in [0.717, 1.165) is 38.6 Å². The van der Waals surface area contributed by atoms with Gasteiger partial charge in [0, 0.05) is 19.1 Å². The van der Waals surface area contributed by atoms with E-state index in [-0.39, 0.29) is 6.03 Å². The van der Waals surface area contributed by atoms with Crippen LogP contribution in [-0.4, -0.2) is 52.1 Å². The van der Waals surface area contributed by atoms with Crippen molar-refractivity contribution in [1.29, 1.82) is 0 Å². The highest BCUT2D eigenvalue weighted by molar-refractivity contribution is 5.83. The Hall–Kier alpha value is -1.26. The van der Waals surface area contributed by atoms with E-state index in [1.54, 1.807) is 4.90 Å². The number of carboxylic acids is 1. The van der Waals surface area contributed by atoms with Gasteiger partial charge in [0.25, 0.3) is 0 Å². The van der Waals surface area contributed by atoms with Gasteiger partial charge >= 0.3 is 12.0 Å². The van der Waals surface area contributed by atoms with Gasteiger partial charge in [0.1, 0.15) is 6.04 Å². The molecule has 2 aliphatic rings. The van der Waals surface area contributed by atoms with Crippen LogP contribution in [0.25, 0.3) is 0 Å². The fraction of sp³-hybridized carbons (Fsp3) is 0.857. The Morgan fingerprint density at radius 2 is 1.84 bits per heavy atom. The van der Waals surface area contributed by atoms with Gasteiger partial charge in [-0.3, -0.25) is 0 Å². The van der Waals surface area contributed by atoms with E-state index in [1.807, 2.05) is 4.90 Å². The molecule has 0 bridgehead atoms. The average molecular weight is 268 g/mol. The summed E-state index contributed by atoms with van der Waals surface area (Å²) >= 11 is 0. The van der Waals surface area contributed by atoms with Crippen LogP contribution in [0.2, 0.25) is 0 Å². The third-order valence-corrected chi connectivity index (χ3v) is 4.28. The van der Waals surface area contributed by atoms with E-state index in [1.165, 1.54) is 6.42 Å². The minimum atomic E-state index is -0.866. The molecule has 0 aromatic heterocycles. The van der Waals surface area contributed by atoms with Crippen molar-refractivity contribution in [1.82, 2.24) is 9.80 Å². The molecule has 2 atom stereocenters. The summed E-state index contributed by atoms with van der Waals surface area (Å²) in [6.07, 6.45) is 6.76. The Morgan fingerprint density at radius 3 is 2.53 bits per heavy atom. The smallest absolute Gasteiger partial charge is 0.326 e. The molecule has 2 rings (SSSR count). The predicted molar refractivity (Wildman–Crippen MR) is 72.0 cm³/mol. The lowest BCUT2D eigenvalue weighted by Gasteiger charge is -2.39. The second kappa shape index (κ2) is 6.26. The van der Waals surface area contributed by atoms with Crippen LogP contribution < -0.4 is 0 Å². The number of carbonyl (C=O) groups is 2. The van der Waals surface area contributed by atoms with Gasteiger partial charge in [-0.15, -0.1) is 0 Å². The van der Waals surface area contributed by atoms with Crippen LogP contribution in [0.1, 0.15) is 51.9 Å². The van der Waals surface area contributed by atoms with Crippen molar-refractivity contribution >= 4 is 12.0 Å².